The van der Waals surface area contributed by atoms with Gasteiger partial charge in [0.1, 0.15) is 0 Å². The molecule has 0 saturated carbocycles. The molecule has 80 heavy (non-hydrogen) atoms. The van der Waals surface area contributed by atoms with Gasteiger partial charge >= 0.3 is 0 Å². The zero-order valence-corrected chi connectivity index (χ0v) is 50.8. The number of rotatable bonds is 34. The molecule has 0 aliphatic heterocycles. The highest BCUT2D eigenvalue weighted by atomic mass is 15.0. The highest BCUT2D eigenvalue weighted by molar-refractivity contribution is 6.11. The number of unbranched alkanes of at least 4 members (excludes halogenated alkanes) is 18. The Morgan fingerprint density at radius 1 is 0.237 bits per heavy atom. The van der Waals surface area contributed by atoms with E-state index in [9.17, 15) is 0 Å². The van der Waals surface area contributed by atoms with E-state index >= 15 is 0 Å². The van der Waals surface area contributed by atoms with E-state index in [0.717, 1.165) is 38.5 Å². The van der Waals surface area contributed by atoms with Gasteiger partial charge in [-0.05, 0) is 205 Å². The van der Waals surface area contributed by atoms with Crippen LogP contribution in [0.25, 0.3) is 77.2 Å². The third kappa shape index (κ3) is 14.6. The molecule has 0 bridgehead atoms. The van der Waals surface area contributed by atoms with E-state index in [1.807, 2.05) is 0 Å². The average molecular weight is 1070 g/mol. The van der Waals surface area contributed by atoms with Crippen molar-refractivity contribution < 1.29 is 0 Å². The zero-order valence-electron chi connectivity index (χ0n) is 50.8. The third-order valence-corrected chi connectivity index (χ3v) is 17.9. The zero-order chi connectivity index (χ0) is 55.5. The van der Waals surface area contributed by atoms with Crippen molar-refractivity contribution in [1.29, 1.82) is 0 Å². The quantitative estimate of drug-likeness (QED) is 0.0356. The average Bonchev–Trinajstić information content (AvgIpc) is 4.15. The number of fused-ring (bicyclic) bond motifs is 6. The summed E-state index contributed by atoms with van der Waals surface area (Å²) in [6.07, 6.45) is 37.5. The van der Waals surface area contributed by atoms with E-state index in [1.54, 1.807) is 0 Å². The lowest BCUT2D eigenvalue weighted by Crippen LogP contribution is -2.00. The Morgan fingerprint density at radius 3 is 0.738 bits per heavy atom. The molecule has 0 amide bonds. The van der Waals surface area contributed by atoms with Gasteiger partial charge in [-0.3, -0.25) is 0 Å². The standard InChI is InChI=1S/C78H100N2/c1-7-13-19-25-31-59-37-49-75-71(53-59)72-54-60(32-26-20-14-8-2)38-50-76(72)79(75)67-45-41-63(42-46-67)69-57-66(36-30-24-18-12-6)70(58-65(69)35-29-23-17-11-5)64-43-47-68(48-44-64)80-77-51-39-61(33-27-21-15-9-3)55-73(77)74-56-62(40-52-78(74)80)34-28-22-16-10-4/h37-58H,7-36H2,1-6H3. The predicted molar refractivity (Wildman–Crippen MR) is 353 cm³/mol. The number of hydrogen-bond donors (Lipinski definition) is 0. The molecule has 0 unspecified atom stereocenters. The molecule has 2 nitrogen and oxygen atoms in total. The molecule has 0 saturated heterocycles. The first-order chi connectivity index (χ1) is 39.5. The SMILES string of the molecule is CCCCCCc1ccc2c(c1)c1cc(CCCCCC)ccc1n2-c1ccc(-c2cc(CCCCCC)c(-c3ccc(-n4c5ccc(CCCCCC)cc5c5cc(CCCCCC)ccc54)cc3)cc2CCCCCC)cc1. The van der Waals surface area contributed by atoms with Crippen molar-refractivity contribution in [3.63, 3.8) is 0 Å². The van der Waals surface area contributed by atoms with Crippen LogP contribution in [0.2, 0.25) is 0 Å². The first-order valence-electron chi connectivity index (χ1n) is 33.0. The minimum atomic E-state index is 1.09. The second kappa shape index (κ2) is 30.3. The van der Waals surface area contributed by atoms with Crippen LogP contribution < -0.4 is 0 Å². The third-order valence-electron chi connectivity index (χ3n) is 17.9. The van der Waals surface area contributed by atoms with Crippen molar-refractivity contribution >= 4 is 43.6 Å². The van der Waals surface area contributed by atoms with Gasteiger partial charge in [0, 0.05) is 32.9 Å². The Morgan fingerprint density at radius 2 is 0.487 bits per heavy atom. The summed E-state index contributed by atoms with van der Waals surface area (Å²) < 4.78 is 5.10. The van der Waals surface area contributed by atoms with Gasteiger partial charge in [-0.2, -0.15) is 0 Å². The molecule has 0 spiro atoms. The fraction of sp³-hybridized carbons (Fsp3) is 0.462. The summed E-state index contributed by atoms with van der Waals surface area (Å²) in [5, 5.41) is 5.60. The van der Waals surface area contributed by atoms with Crippen LogP contribution in [0, 0.1) is 0 Å². The van der Waals surface area contributed by atoms with Crippen LogP contribution in [0.3, 0.4) is 0 Å². The van der Waals surface area contributed by atoms with Gasteiger partial charge in [0.05, 0.1) is 22.1 Å². The molecule has 0 N–H and O–H groups in total. The lowest BCUT2D eigenvalue weighted by Gasteiger charge is -2.19. The lowest BCUT2D eigenvalue weighted by molar-refractivity contribution is 0.664. The molecule has 7 aromatic carbocycles. The van der Waals surface area contributed by atoms with Crippen LogP contribution in [0.5, 0.6) is 0 Å². The van der Waals surface area contributed by atoms with Gasteiger partial charge in [0.15, 0.2) is 0 Å². The molecule has 0 fully saturated rings. The molecular weight excluding hydrogens is 965 g/mol. The van der Waals surface area contributed by atoms with Crippen LogP contribution >= 0.6 is 0 Å². The summed E-state index contributed by atoms with van der Waals surface area (Å²) in [5.41, 5.74) is 22.1. The van der Waals surface area contributed by atoms with Crippen LogP contribution in [0.1, 0.15) is 229 Å². The number of nitrogens with zero attached hydrogens (tertiary/aromatic N) is 2. The molecule has 9 rings (SSSR count). The van der Waals surface area contributed by atoms with Gasteiger partial charge in [0.25, 0.3) is 0 Å². The van der Waals surface area contributed by atoms with E-state index in [-0.39, 0.29) is 0 Å². The number of aromatic nitrogens is 2. The second-order valence-electron chi connectivity index (χ2n) is 24.2. The first kappa shape index (κ1) is 58.8. The Labute approximate surface area is 484 Å². The van der Waals surface area contributed by atoms with E-state index in [2.05, 4.69) is 184 Å². The van der Waals surface area contributed by atoms with E-state index < -0.39 is 0 Å². The van der Waals surface area contributed by atoms with Crippen LogP contribution in [0.4, 0.5) is 0 Å². The minimum Gasteiger partial charge on any atom is -0.309 e. The molecule has 422 valence electrons. The maximum absolute atomic E-state index is 2.62. The predicted octanol–water partition coefficient (Wildman–Crippen LogP) is 24.0. The van der Waals surface area contributed by atoms with Gasteiger partial charge in [-0.1, -0.05) is 218 Å². The van der Waals surface area contributed by atoms with Crippen molar-refractivity contribution in [1.82, 2.24) is 9.13 Å². The van der Waals surface area contributed by atoms with Gasteiger partial charge < -0.3 is 9.13 Å². The summed E-state index contributed by atoms with van der Waals surface area (Å²) in [6, 6.07) is 54.1. The lowest BCUT2D eigenvalue weighted by atomic mass is 9.87. The number of benzene rings is 7. The van der Waals surface area contributed by atoms with Crippen LogP contribution in [-0.4, -0.2) is 9.13 Å². The van der Waals surface area contributed by atoms with Crippen LogP contribution in [-0.2, 0) is 38.5 Å². The van der Waals surface area contributed by atoms with Crippen molar-refractivity contribution in [3.8, 4) is 33.6 Å². The molecule has 2 aromatic heterocycles. The summed E-state index contributed by atoms with van der Waals surface area (Å²) in [4.78, 5) is 0. The van der Waals surface area contributed by atoms with Gasteiger partial charge in [-0.25, -0.2) is 0 Å². The van der Waals surface area contributed by atoms with Gasteiger partial charge in [-0.15, -0.1) is 0 Å². The fourth-order valence-electron chi connectivity index (χ4n) is 13.1. The molecule has 2 heteroatoms. The maximum atomic E-state index is 2.62. The van der Waals surface area contributed by atoms with Crippen LogP contribution in [0.15, 0.2) is 133 Å². The molecule has 0 radical (unpaired) electrons. The second-order valence-corrected chi connectivity index (χ2v) is 24.2. The molecule has 2 heterocycles. The molecule has 0 aliphatic carbocycles. The molecule has 0 aliphatic rings. The Hall–Kier alpha value is -5.86. The van der Waals surface area contributed by atoms with Crippen molar-refractivity contribution in [3.05, 3.63) is 167 Å². The maximum Gasteiger partial charge on any atom is 0.0541 e. The van der Waals surface area contributed by atoms with Crippen molar-refractivity contribution in [2.75, 3.05) is 0 Å². The van der Waals surface area contributed by atoms with E-state index in [4.69, 9.17) is 0 Å². The largest absolute Gasteiger partial charge is 0.309 e. The molecule has 0 atom stereocenters. The highest BCUT2D eigenvalue weighted by Crippen LogP contribution is 2.40. The van der Waals surface area contributed by atoms with Crippen molar-refractivity contribution in [2.24, 2.45) is 0 Å². The van der Waals surface area contributed by atoms with E-state index in [0.29, 0.717) is 0 Å². The highest BCUT2D eigenvalue weighted by Gasteiger charge is 2.19. The Kier molecular flexibility index (Phi) is 22.2. The Balaban J connectivity index is 1.08. The summed E-state index contributed by atoms with van der Waals surface area (Å²) in [5.74, 6) is 0. The topological polar surface area (TPSA) is 9.86 Å². The minimum absolute atomic E-state index is 1.09. The summed E-state index contributed by atoms with van der Waals surface area (Å²) >= 11 is 0. The normalized spacial score (nSPS) is 11.9. The monoisotopic (exact) mass is 1060 g/mol. The Bertz CT molecular complexity index is 2970. The summed E-state index contributed by atoms with van der Waals surface area (Å²) in [6.45, 7) is 13.9. The fourth-order valence-corrected chi connectivity index (χ4v) is 13.1. The summed E-state index contributed by atoms with van der Waals surface area (Å²) in [7, 11) is 0. The molecule has 9 aromatic rings. The van der Waals surface area contributed by atoms with Crippen molar-refractivity contribution in [2.45, 2.75) is 234 Å². The smallest absolute Gasteiger partial charge is 0.0541 e. The van der Waals surface area contributed by atoms with Gasteiger partial charge in [0.2, 0.25) is 0 Å². The number of hydrogen-bond acceptors (Lipinski definition) is 0. The number of aryl methyl sites for hydroxylation is 6. The van der Waals surface area contributed by atoms with E-state index in [1.165, 1.54) is 265 Å². The first-order valence-corrected chi connectivity index (χ1v) is 33.0. The molecular formula is C78H100N2.